The summed E-state index contributed by atoms with van der Waals surface area (Å²) < 4.78 is 11.2. The SMILES string of the molecule is C#CC(=O)C(CCCC)OC(=O)c1ccc(CCc2ccc(OCCCCCCCC)cc2)cc1. The standard InChI is InChI=1S/C31H40O4/c1-4-7-9-10-11-12-24-34-28-22-18-26(19-23-28)15-14-25-16-20-27(21-17-25)31(33)35-30(13-8-5-2)29(32)6-3/h3,16-23,30H,4-5,7-15,24H2,1-2H3. The minimum absolute atomic E-state index is 0.423. The number of aryl methyl sites for hydroxylation is 2. The molecule has 0 fully saturated rings. The zero-order valence-corrected chi connectivity index (χ0v) is 21.4. The van der Waals surface area contributed by atoms with Crippen molar-refractivity contribution in [2.45, 2.75) is 90.6 Å². The van der Waals surface area contributed by atoms with Gasteiger partial charge in [0.05, 0.1) is 12.2 Å². The number of unbranched alkanes of at least 4 members (excludes halogenated alkanes) is 6. The number of carbonyl (C=O) groups is 2. The summed E-state index contributed by atoms with van der Waals surface area (Å²) in [6, 6.07) is 15.7. The monoisotopic (exact) mass is 476 g/mol. The molecule has 0 aromatic heterocycles. The molecule has 0 aliphatic rings. The van der Waals surface area contributed by atoms with Crippen LogP contribution < -0.4 is 4.74 Å². The van der Waals surface area contributed by atoms with Crippen LogP contribution in [0.25, 0.3) is 0 Å². The Balaban J connectivity index is 1.76. The lowest BCUT2D eigenvalue weighted by Crippen LogP contribution is -2.26. The number of rotatable bonds is 17. The van der Waals surface area contributed by atoms with Crippen molar-refractivity contribution in [3.63, 3.8) is 0 Å². The van der Waals surface area contributed by atoms with E-state index in [1.54, 1.807) is 12.1 Å². The summed E-state index contributed by atoms with van der Waals surface area (Å²) in [6.07, 6.45) is 15.8. The number of ketones is 1. The number of benzene rings is 2. The molecule has 0 saturated heterocycles. The first-order chi connectivity index (χ1) is 17.1. The first-order valence-electron chi connectivity index (χ1n) is 13.1. The molecule has 4 nitrogen and oxygen atoms in total. The van der Waals surface area contributed by atoms with Crippen LogP contribution in [0.1, 0.15) is 93.1 Å². The van der Waals surface area contributed by atoms with Gasteiger partial charge in [0.15, 0.2) is 6.10 Å². The van der Waals surface area contributed by atoms with Crippen molar-refractivity contribution in [3.05, 3.63) is 65.2 Å². The van der Waals surface area contributed by atoms with E-state index >= 15 is 0 Å². The van der Waals surface area contributed by atoms with Crippen molar-refractivity contribution in [1.29, 1.82) is 0 Å². The van der Waals surface area contributed by atoms with Gasteiger partial charge in [-0.05, 0) is 73.4 Å². The lowest BCUT2D eigenvalue weighted by atomic mass is 10.0. The minimum Gasteiger partial charge on any atom is -0.494 e. The Morgan fingerprint density at radius 3 is 1.97 bits per heavy atom. The maximum Gasteiger partial charge on any atom is 0.338 e. The van der Waals surface area contributed by atoms with E-state index in [1.165, 1.54) is 37.7 Å². The molecule has 0 saturated carbocycles. The topological polar surface area (TPSA) is 52.6 Å². The lowest BCUT2D eigenvalue weighted by Gasteiger charge is -2.14. The van der Waals surface area contributed by atoms with E-state index in [2.05, 4.69) is 25.0 Å². The van der Waals surface area contributed by atoms with Gasteiger partial charge in [0.25, 0.3) is 0 Å². The summed E-state index contributed by atoms with van der Waals surface area (Å²) in [7, 11) is 0. The first kappa shape index (κ1) is 28.2. The molecular weight excluding hydrogens is 436 g/mol. The Morgan fingerprint density at radius 2 is 1.37 bits per heavy atom. The number of hydrogen-bond donors (Lipinski definition) is 0. The molecular formula is C31H40O4. The molecule has 1 atom stereocenters. The number of terminal acetylenes is 1. The molecule has 2 aromatic carbocycles. The third-order valence-corrected chi connectivity index (χ3v) is 6.09. The zero-order chi connectivity index (χ0) is 25.3. The Bertz CT molecular complexity index is 922. The van der Waals surface area contributed by atoms with Gasteiger partial charge in [0.2, 0.25) is 5.78 Å². The van der Waals surface area contributed by atoms with Crippen LogP contribution in [-0.4, -0.2) is 24.5 Å². The summed E-state index contributed by atoms with van der Waals surface area (Å²) in [4.78, 5) is 24.3. The van der Waals surface area contributed by atoms with Crippen molar-refractivity contribution in [3.8, 4) is 18.1 Å². The van der Waals surface area contributed by atoms with Gasteiger partial charge in [-0.15, -0.1) is 6.42 Å². The fraction of sp³-hybridized carbons (Fsp3) is 0.484. The second-order valence-corrected chi connectivity index (χ2v) is 9.00. The maximum absolute atomic E-state index is 12.5. The van der Waals surface area contributed by atoms with E-state index in [0.29, 0.717) is 12.0 Å². The van der Waals surface area contributed by atoms with E-state index in [-0.39, 0.29) is 0 Å². The average Bonchev–Trinajstić information content (AvgIpc) is 2.89. The van der Waals surface area contributed by atoms with Crippen LogP contribution in [0.15, 0.2) is 48.5 Å². The normalized spacial score (nSPS) is 11.5. The molecule has 0 radical (unpaired) electrons. The smallest absolute Gasteiger partial charge is 0.338 e. The average molecular weight is 477 g/mol. The molecule has 1 unspecified atom stereocenters. The van der Waals surface area contributed by atoms with Crippen molar-refractivity contribution >= 4 is 11.8 Å². The third kappa shape index (κ3) is 10.8. The molecule has 35 heavy (non-hydrogen) atoms. The molecule has 0 aliphatic carbocycles. The number of Topliss-reactive ketones (excluding diaryl/α,β-unsaturated/α-hetero) is 1. The van der Waals surface area contributed by atoms with E-state index in [9.17, 15) is 9.59 Å². The van der Waals surface area contributed by atoms with Crippen LogP contribution in [0, 0.1) is 12.3 Å². The molecule has 0 bridgehead atoms. The largest absolute Gasteiger partial charge is 0.494 e. The summed E-state index contributed by atoms with van der Waals surface area (Å²) in [5.41, 5.74) is 2.80. The highest BCUT2D eigenvalue weighted by Crippen LogP contribution is 2.16. The summed E-state index contributed by atoms with van der Waals surface area (Å²) >= 11 is 0. The van der Waals surface area contributed by atoms with Crippen LogP contribution in [0.5, 0.6) is 5.75 Å². The van der Waals surface area contributed by atoms with E-state index in [0.717, 1.165) is 50.0 Å². The van der Waals surface area contributed by atoms with Gasteiger partial charge in [-0.1, -0.05) is 76.6 Å². The van der Waals surface area contributed by atoms with E-state index < -0.39 is 17.9 Å². The second kappa shape index (κ2) is 16.5. The number of hydrogen-bond acceptors (Lipinski definition) is 4. The maximum atomic E-state index is 12.5. The Morgan fingerprint density at radius 1 is 0.800 bits per heavy atom. The van der Waals surface area contributed by atoms with Crippen molar-refractivity contribution < 1.29 is 19.1 Å². The highest BCUT2D eigenvalue weighted by Gasteiger charge is 2.21. The van der Waals surface area contributed by atoms with E-state index in [4.69, 9.17) is 15.9 Å². The molecule has 188 valence electrons. The quantitative estimate of drug-likeness (QED) is 0.105. The molecule has 2 aromatic rings. The fourth-order valence-electron chi connectivity index (χ4n) is 3.84. The fourth-order valence-corrected chi connectivity index (χ4v) is 3.84. The lowest BCUT2D eigenvalue weighted by molar-refractivity contribution is -0.122. The predicted molar refractivity (Wildman–Crippen MR) is 142 cm³/mol. The molecule has 0 spiro atoms. The molecule has 0 heterocycles. The molecule has 2 rings (SSSR count). The van der Waals surface area contributed by atoms with E-state index in [1.807, 2.05) is 31.2 Å². The zero-order valence-electron chi connectivity index (χ0n) is 21.4. The summed E-state index contributed by atoms with van der Waals surface area (Å²) in [5.74, 6) is 1.99. The minimum atomic E-state index is -0.870. The third-order valence-electron chi connectivity index (χ3n) is 6.09. The van der Waals surface area contributed by atoms with Crippen molar-refractivity contribution in [1.82, 2.24) is 0 Å². The van der Waals surface area contributed by atoms with Gasteiger partial charge in [-0.3, -0.25) is 4.79 Å². The van der Waals surface area contributed by atoms with Gasteiger partial charge in [0, 0.05) is 0 Å². The van der Waals surface area contributed by atoms with Gasteiger partial charge in [-0.25, -0.2) is 4.79 Å². The Hall–Kier alpha value is -3.06. The molecule has 0 amide bonds. The Labute approximate surface area is 211 Å². The van der Waals surface area contributed by atoms with Crippen LogP contribution >= 0.6 is 0 Å². The molecule has 0 aliphatic heterocycles. The van der Waals surface area contributed by atoms with Gasteiger partial charge in [-0.2, -0.15) is 0 Å². The van der Waals surface area contributed by atoms with Crippen LogP contribution in [0.3, 0.4) is 0 Å². The van der Waals surface area contributed by atoms with Crippen LogP contribution in [0.4, 0.5) is 0 Å². The molecule has 4 heteroatoms. The first-order valence-corrected chi connectivity index (χ1v) is 13.1. The summed E-state index contributed by atoms with van der Waals surface area (Å²) in [5, 5.41) is 0. The number of carbonyl (C=O) groups excluding carboxylic acids is 2. The second-order valence-electron chi connectivity index (χ2n) is 9.00. The Kier molecular flexibility index (Phi) is 13.3. The number of ether oxygens (including phenoxy) is 2. The highest BCUT2D eigenvalue weighted by atomic mass is 16.5. The van der Waals surface area contributed by atoms with Gasteiger partial charge < -0.3 is 9.47 Å². The van der Waals surface area contributed by atoms with Gasteiger partial charge >= 0.3 is 5.97 Å². The highest BCUT2D eigenvalue weighted by molar-refractivity contribution is 6.00. The predicted octanol–water partition coefficient (Wildman–Crippen LogP) is 7.13. The summed E-state index contributed by atoms with van der Waals surface area (Å²) in [6.45, 7) is 5.02. The van der Waals surface area contributed by atoms with Crippen LogP contribution in [0.2, 0.25) is 0 Å². The molecule has 0 N–H and O–H groups in total. The van der Waals surface area contributed by atoms with Crippen molar-refractivity contribution in [2.75, 3.05) is 6.61 Å². The van der Waals surface area contributed by atoms with Crippen LogP contribution in [-0.2, 0) is 22.4 Å². The van der Waals surface area contributed by atoms with Gasteiger partial charge in [0.1, 0.15) is 5.75 Å². The number of esters is 1. The van der Waals surface area contributed by atoms with Crippen molar-refractivity contribution in [2.24, 2.45) is 0 Å².